The van der Waals surface area contributed by atoms with Gasteiger partial charge in [-0.3, -0.25) is 4.79 Å². The Kier molecular flexibility index (Phi) is 5.87. The van der Waals surface area contributed by atoms with Crippen LogP contribution in [0.3, 0.4) is 0 Å². The van der Waals surface area contributed by atoms with Gasteiger partial charge in [-0.1, -0.05) is 36.6 Å². The lowest BCUT2D eigenvalue weighted by Gasteiger charge is -2.34. The summed E-state index contributed by atoms with van der Waals surface area (Å²) in [4.78, 5) is 26.5. The number of halogens is 1. The summed E-state index contributed by atoms with van der Waals surface area (Å²) < 4.78 is 0. The van der Waals surface area contributed by atoms with Gasteiger partial charge in [-0.25, -0.2) is 4.98 Å². The zero-order valence-electron chi connectivity index (χ0n) is 18.0. The molecule has 7 heteroatoms. The monoisotopic (exact) mass is 427 g/mol. The van der Waals surface area contributed by atoms with Crippen LogP contribution in [-0.4, -0.2) is 42.1 Å². The molecule has 1 amide bonds. The fourth-order valence-electron chi connectivity index (χ4n) is 4.52. The first-order chi connectivity index (χ1) is 14.3. The molecule has 1 saturated carbocycles. The lowest BCUT2D eigenvalue weighted by Crippen LogP contribution is -2.45. The van der Waals surface area contributed by atoms with Crippen LogP contribution in [0.2, 0.25) is 5.02 Å². The van der Waals surface area contributed by atoms with E-state index in [-0.39, 0.29) is 5.91 Å². The van der Waals surface area contributed by atoms with Crippen molar-refractivity contribution in [3.8, 4) is 0 Å². The molecule has 1 N–H and O–H groups in total. The summed E-state index contributed by atoms with van der Waals surface area (Å²) in [5.74, 6) is 1.58. The van der Waals surface area contributed by atoms with Crippen molar-refractivity contribution in [1.29, 1.82) is 0 Å². The average molecular weight is 428 g/mol. The highest BCUT2D eigenvalue weighted by atomic mass is 35.5. The van der Waals surface area contributed by atoms with Crippen LogP contribution in [0.4, 0.5) is 17.5 Å². The van der Waals surface area contributed by atoms with E-state index in [2.05, 4.69) is 15.2 Å². The van der Waals surface area contributed by atoms with Crippen molar-refractivity contribution in [3.63, 3.8) is 0 Å². The Labute approximate surface area is 183 Å². The van der Waals surface area contributed by atoms with Crippen molar-refractivity contribution < 1.29 is 4.79 Å². The molecule has 1 aliphatic carbocycles. The number of nitrogens with one attached hydrogen (secondary N) is 1. The van der Waals surface area contributed by atoms with E-state index in [1.165, 1.54) is 18.4 Å². The number of carbonyl (C=O) groups excluding carboxylic acids is 1. The number of nitrogens with zero attached hydrogens (tertiary/aromatic N) is 4. The standard InChI is InChI=1S/C23H30ClN5O/c1-23(2)15-29(18-6-4-5-7-18)20-19(28(3)21(23)30)14-26-22(27-20)25-13-12-16-8-10-17(24)11-9-16/h8-11,14,18H,4-7,12-13,15H2,1-3H3,(H,25,26,27). The quantitative estimate of drug-likeness (QED) is 0.759. The summed E-state index contributed by atoms with van der Waals surface area (Å²) in [7, 11) is 1.83. The van der Waals surface area contributed by atoms with Gasteiger partial charge in [0, 0.05) is 31.2 Å². The van der Waals surface area contributed by atoms with Crippen molar-refractivity contribution in [1.82, 2.24) is 9.97 Å². The third-order valence-electron chi connectivity index (χ3n) is 6.21. The van der Waals surface area contributed by atoms with Crippen molar-refractivity contribution in [2.45, 2.75) is 52.0 Å². The molecule has 0 unspecified atom stereocenters. The molecular weight excluding hydrogens is 398 g/mol. The van der Waals surface area contributed by atoms with Crippen molar-refractivity contribution >= 4 is 35.0 Å². The molecule has 0 bridgehead atoms. The highest BCUT2D eigenvalue weighted by Gasteiger charge is 2.41. The molecule has 1 aliphatic heterocycles. The molecule has 2 heterocycles. The predicted octanol–water partition coefficient (Wildman–Crippen LogP) is 4.54. The molecule has 1 fully saturated rings. The summed E-state index contributed by atoms with van der Waals surface area (Å²) in [6, 6.07) is 8.31. The van der Waals surface area contributed by atoms with Crippen LogP contribution in [-0.2, 0) is 11.2 Å². The number of benzene rings is 1. The Balaban J connectivity index is 1.57. The molecule has 6 nitrogen and oxygen atoms in total. The van der Waals surface area contributed by atoms with Gasteiger partial charge in [0.1, 0.15) is 5.69 Å². The zero-order chi connectivity index (χ0) is 21.3. The molecule has 0 atom stereocenters. The first-order valence-corrected chi connectivity index (χ1v) is 11.1. The molecule has 2 aromatic rings. The molecule has 160 valence electrons. The highest BCUT2D eigenvalue weighted by Crippen LogP contribution is 2.40. The van der Waals surface area contributed by atoms with Gasteiger partial charge in [0.05, 0.1) is 11.6 Å². The van der Waals surface area contributed by atoms with Gasteiger partial charge in [0.15, 0.2) is 5.82 Å². The van der Waals surface area contributed by atoms with Gasteiger partial charge in [-0.2, -0.15) is 4.98 Å². The van der Waals surface area contributed by atoms with Crippen LogP contribution in [0.5, 0.6) is 0 Å². The normalized spacial score (nSPS) is 19.0. The summed E-state index contributed by atoms with van der Waals surface area (Å²) in [6.07, 6.45) is 7.41. The van der Waals surface area contributed by atoms with Crippen molar-refractivity contribution in [3.05, 3.63) is 41.0 Å². The van der Waals surface area contributed by atoms with Crippen molar-refractivity contribution in [2.75, 3.05) is 35.3 Å². The largest absolute Gasteiger partial charge is 0.354 e. The van der Waals surface area contributed by atoms with Crippen LogP contribution in [0.1, 0.15) is 45.1 Å². The molecule has 1 aromatic carbocycles. The van der Waals surface area contributed by atoms with E-state index in [0.717, 1.165) is 42.3 Å². The minimum absolute atomic E-state index is 0.108. The molecule has 4 rings (SSSR count). The number of anilines is 3. The minimum atomic E-state index is -0.472. The molecule has 0 spiro atoms. The second kappa shape index (κ2) is 8.42. The third kappa shape index (κ3) is 4.24. The maximum atomic E-state index is 13.0. The van der Waals surface area contributed by atoms with Gasteiger partial charge in [0.2, 0.25) is 11.9 Å². The number of fused-ring (bicyclic) bond motifs is 1. The highest BCUT2D eigenvalue weighted by molar-refractivity contribution is 6.30. The van der Waals surface area contributed by atoms with E-state index in [9.17, 15) is 4.79 Å². The van der Waals surface area contributed by atoms with Crippen LogP contribution in [0, 0.1) is 5.41 Å². The minimum Gasteiger partial charge on any atom is -0.354 e. The lowest BCUT2D eigenvalue weighted by molar-refractivity contribution is -0.125. The average Bonchev–Trinajstić information content (AvgIpc) is 3.25. The van der Waals surface area contributed by atoms with E-state index >= 15 is 0 Å². The van der Waals surface area contributed by atoms with E-state index in [4.69, 9.17) is 16.6 Å². The summed E-state index contributed by atoms with van der Waals surface area (Å²) in [5, 5.41) is 4.10. The second-order valence-electron chi connectivity index (χ2n) is 9.02. The lowest BCUT2D eigenvalue weighted by atomic mass is 9.91. The van der Waals surface area contributed by atoms with E-state index in [0.29, 0.717) is 18.5 Å². The van der Waals surface area contributed by atoms with Gasteiger partial charge in [-0.15, -0.1) is 0 Å². The van der Waals surface area contributed by atoms with Gasteiger partial charge in [0.25, 0.3) is 0 Å². The first kappa shape index (κ1) is 20.9. The summed E-state index contributed by atoms with van der Waals surface area (Å²) in [6.45, 7) is 5.45. The Morgan fingerprint density at radius 3 is 2.60 bits per heavy atom. The predicted molar refractivity (Wildman–Crippen MR) is 122 cm³/mol. The maximum Gasteiger partial charge on any atom is 0.234 e. The van der Waals surface area contributed by atoms with Gasteiger partial charge in [-0.05, 0) is 50.8 Å². The molecular formula is C23H30ClN5O. The number of hydrogen-bond acceptors (Lipinski definition) is 5. The molecule has 0 radical (unpaired) electrons. The second-order valence-corrected chi connectivity index (χ2v) is 9.46. The fraction of sp³-hybridized carbons (Fsp3) is 0.522. The molecule has 0 saturated heterocycles. The van der Waals surface area contributed by atoms with Crippen LogP contribution < -0.4 is 15.1 Å². The zero-order valence-corrected chi connectivity index (χ0v) is 18.7. The Bertz CT molecular complexity index is 908. The van der Waals surface area contributed by atoms with Gasteiger partial charge < -0.3 is 15.1 Å². The number of hydrogen-bond donors (Lipinski definition) is 1. The van der Waals surface area contributed by atoms with Crippen molar-refractivity contribution in [2.24, 2.45) is 5.41 Å². The Morgan fingerprint density at radius 1 is 1.20 bits per heavy atom. The maximum absolute atomic E-state index is 13.0. The van der Waals surface area contributed by atoms with Crippen LogP contribution in [0.25, 0.3) is 0 Å². The van der Waals surface area contributed by atoms with E-state index in [1.54, 1.807) is 11.1 Å². The SMILES string of the molecule is CN1C(=O)C(C)(C)CN(C2CCCC2)c2nc(NCCc3ccc(Cl)cc3)ncc21. The fourth-order valence-corrected chi connectivity index (χ4v) is 4.65. The number of aromatic nitrogens is 2. The smallest absolute Gasteiger partial charge is 0.234 e. The topological polar surface area (TPSA) is 61.4 Å². The molecule has 2 aliphatic rings. The number of rotatable bonds is 5. The van der Waals surface area contributed by atoms with E-state index < -0.39 is 5.41 Å². The summed E-state index contributed by atoms with van der Waals surface area (Å²) >= 11 is 5.96. The Hall–Kier alpha value is -2.34. The Morgan fingerprint density at radius 2 is 1.90 bits per heavy atom. The third-order valence-corrected chi connectivity index (χ3v) is 6.46. The first-order valence-electron chi connectivity index (χ1n) is 10.8. The number of carbonyl (C=O) groups is 1. The molecule has 1 aromatic heterocycles. The molecule has 30 heavy (non-hydrogen) atoms. The van der Waals surface area contributed by atoms with Gasteiger partial charge >= 0.3 is 0 Å². The van der Waals surface area contributed by atoms with Crippen LogP contribution in [0.15, 0.2) is 30.5 Å². The summed E-state index contributed by atoms with van der Waals surface area (Å²) in [5.41, 5.74) is 1.53. The van der Waals surface area contributed by atoms with E-state index in [1.807, 2.05) is 45.2 Å². The van der Waals surface area contributed by atoms with Crippen LogP contribution >= 0.6 is 11.6 Å². The number of amides is 1.